The van der Waals surface area contributed by atoms with Gasteiger partial charge in [0.05, 0.1) is 0 Å². The number of carbonyl (C=O) groups excluding carboxylic acids is 3. The van der Waals surface area contributed by atoms with Gasteiger partial charge in [0.1, 0.15) is 17.9 Å². The number of hydrogen-bond acceptors (Lipinski definition) is 5. The molecule has 8 nitrogen and oxygen atoms in total. The minimum atomic E-state index is -0.812. The molecule has 8 heteroatoms. The molecule has 0 aromatic carbocycles. The van der Waals surface area contributed by atoms with E-state index in [1.165, 1.54) is 0 Å². The molecule has 3 fully saturated rings. The zero-order valence-electron chi connectivity index (χ0n) is 16.3. The summed E-state index contributed by atoms with van der Waals surface area (Å²) in [4.78, 5) is 47.6. The standard InChI is InChI=1S/C20H27N5O3/c1-15-6-2-4-8-20(15)18(27)25(19(28)22-20)14-17(26)24-12-10-23(11-13-24)16-7-3-5-9-21-16/h3,5,7,9,15H,2,4,6,8,10-14H2,1H3,(H,22,28)/t15-,20+/m1/s1. The first-order valence-electron chi connectivity index (χ1n) is 10.1. The van der Waals surface area contributed by atoms with Crippen LogP contribution >= 0.6 is 0 Å². The summed E-state index contributed by atoms with van der Waals surface area (Å²) in [5.41, 5.74) is -0.812. The number of nitrogens with one attached hydrogen (secondary N) is 1. The summed E-state index contributed by atoms with van der Waals surface area (Å²) in [7, 11) is 0. The Morgan fingerprint density at radius 2 is 2.00 bits per heavy atom. The number of anilines is 1. The highest BCUT2D eigenvalue weighted by Gasteiger charge is 2.55. The predicted molar refractivity (Wildman–Crippen MR) is 104 cm³/mol. The molecular formula is C20H27N5O3. The molecule has 28 heavy (non-hydrogen) atoms. The van der Waals surface area contributed by atoms with Crippen LogP contribution in [0.4, 0.5) is 10.6 Å². The Morgan fingerprint density at radius 1 is 1.21 bits per heavy atom. The molecule has 1 N–H and O–H groups in total. The van der Waals surface area contributed by atoms with Crippen LogP contribution in [0.1, 0.15) is 32.6 Å². The Balaban J connectivity index is 1.36. The van der Waals surface area contributed by atoms with Crippen molar-refractivity contribution in [1.29, 1.82) is 0 Å². The van der Waals surface area contributed by atoms with Crippen LogP contribution in [-0.2, 0) is 9.59 Å². The topological polar surface area (TPSA) is 85.8 Å². The molecule has 1 aliphatic carbocycles. The monoisotopic (exact) mass is 385 g/mol. The van der Waals surface area contributed by atoms with E-state index in [2.05, 4.69) is 15.2 Å². The fraction of sp³-hybridized carbons (Fsp3) is 0.600. The van der Waals surface area contributed by atoms with Crippen molar-refractivity contribution in [3.05, 3.63) is 24.4 Å². The van der Waals surface area contributed by atoms with Gasteiger partial charge in [0.25, 0.3) is 5.91 Å². The van der Waals surface area contributed by atoms with Crippen LogP contribution in [-0.4, -0.2) is 70.9 Å². The van der Waals surface area contributed by atoms with E-state index in [-0.39, 0.29) is 24.3 Å². The highest BCUT2D eigenvalue weighted by Crippen LogP contribution is 2.38. The second kappa shape index (κ2) is 7.41. The van der Waals surface area contributed by atoms with Crippen molar-refractivity contribution in [2.24, 2.45) is 5.92 Å². The number of amides is 4. The molecule has 3 heterocycles. The first kappa shape index (κ1) is 18.7. The smallest absolute Gasteiger partial charge is 0.325 e. The van der Waals surface area contributed by atoms with E-state index >= 15 is 0 Å². The van der Waals surface area contributed by atoms with Crippen molar-refractivity contribution < 1.29 is 14.4 Å². The molecular weight excluding hydrogens is 358 g/mol. The lowest BCUT2D eigenvalue weighted by Crippen LogP contribution is -2.55. The van der Waals surface area contributed by atoms with Crippen molar-refractivity contribution in [2.75, 3.05) is 37.6 Å². The van der Waals surface area contributed by atoms with Gasteiger partial charge in [-0.3, -0.25) is 14.5 Å². The van der Waals surface area contributed by atoms with Crippen LogP contribution in [0.5, 0.6) is 0 Å². The van der Waals surface area contributed by atoms with Gasteiger partial charge in [-0.2, -0.15) is 0 Å². The van der Waals surface area contributed by atoms with Gasteiger partial charge in [-0.1, -0.05) is 25.8 Å². The van der Waals surface area contributed by atoms with Crippen molar-refractivity contribution in [3.8, 4) is 0 Å². The number of imide groups is 1. The summed E-state index contributed by atoms with van der Waals surface area (Å²) >= 11 is 0. The van der Waals surface area contributed by atoms with Crippen molar-refractivity contribution in [1.82, 2.24) is 20.1 Å². The zero-order valence-corrected chi connectivity index (χ0v) is 16.3. The Labute approximate surface area is 164 Å². The lowest BCUT2D eigenvalue weighted by molar-refractivity contribution is -0.140. The predicted octanol–water partition coefficient (Wildman–Crippen LogP) is 1.23. The van der Waals surface area contributed by atoms with Gasteiger partial charge in [0.2, 0.25) is 5.91 Å². The van der Waals surface area contributed by atoms with Gasteiger partial charge in [0.15, 0.2) is 0 Å². The number of carbonyl (C=O) groups is 3. The molecule has 1 aromatic rings. The molecule has 4 amide bonds. The largest absolute Gasteiger partial charge is 0.353 e. The molecule has 1 saturated carbocycles. The zero-order chi connectivity index (χ0) is 19.7. The van der Waals surface area contributed by atoms with Gasteiger partial charge in [-0.25, -0.2) is 9.78 Å². The third kappa shape index (κ3) is 3.21. The maximum Gasteiger partial charge on any atom is 0.325 e. The van der Waals surface area contributed by atoms with E-state index in [0.717, 1.165) is 30.0 Å². The molecule has 3 aliphatic rings. The summed E-state index contributed by atoms with van der Waals surface area (Å²) in [5, 5.41) is 2.91. The molecule has 4 rings (SSSR count). The minimum absolute atomic E-state index is 0.0970. The van der Waals surface area contributed by atoms with E-state index < -0.39 is 11.6 Å². The van der Waals surface area contributed by atoms with E-state index in [0.29, 0.717) is 32.6 Å². The molecule has 2 aliphatic heterocycles. The van der Waals surface area contributed by atoms with Gasteiger partial charge < -0.3 is 15.1 Å². The first-order valence-corrected chi connectivity index (χ1v) is 10.1. The average Bonchev–Trinajstić information content (AvgIpc) is 2.96. The van der Waals surface area contributed by atoms with Gasteiger partial charge in [-0.05, 0) is 30.9 Å². The number of piperazine rings is 1. The SMILES string of the molecule is C[C@@H]1CCCC[C@]12NC(=O)N(CC(=O)N1CCN(c3ccccn3)CC1)C2=O. The Kier molecular flexibility index (Phi) is 4.95. The normalized spacial score (nSPS) is 28.0. The van der Waals surface area contributed by atoms with Crippen LogP contribution in [0.25, 0.3) is 0 Å². The number of urea groups is 1. The van der Waals surface area contributed by atoms with Gasteiger partial charge >= 0.3 is 6.03 Å². The van der Waals surface area contributed by atoms with E-state index in [1.807, 2.05) is 25.1 Å². The Morgan fingerprint density at radius 3 is 2.68 bits per heavy atom. The summed E-state index contributed by atoms with van der Waals surface area (Å²) < 4.78 is 0. The van der Waals surface area contributed by atoms with Crippen molar-refractivity contribution in [2.45, 2.75) is 38.1 Å². The Bertz CT molecular complexity index is 762. The summed E-state index contributed by atoms with van der Waals surface area (Å²) in [6.45, 7) is 4.32. The number of aromatic nitrogens is 1. The van der Waals surface area contributed by atoms with Crippen molar-refractivity contribution >= 4 is 23.7 Å². The molecule has 0 radical (unpaired) electrons. The number of rotatable bonds is 3. The molecule has 150 valence electrons. The van der Waals surface area contributed by atoms with Gasteiger partial charge in [0, 0.05) is 32.4 Å². The van der Waals surface area contributed by atoms with Crippen LogP contribution in [0.2, 0.25) is 0 Å². The third-order valence-corrected chi connectivity index (χ3v) is 6.40. The van der Waals surface area contributed by atoms with Crippen LogP contribution in [0, 0.1) is 5.92 Å². The molecule has 0 bridgehead atoms. The van der Waals surface area contributed by atoms with E-state index in [1.54, 1.807) is 11.1 Å². The lowest BCUT2D eigenvalue weighted by Gasteiger charge is -2.37. The quantitative estimate of drug-likeness (QED) is 0.791. The average molecular weight is 385 g/mol. The maximum atomic E-state index is 13.0. The minimum Gasteiger partial charge on any atom is -0.353 e. The van der Waals surface area contributed by atoms with E-state index in [4.69, 9.17) is 0 Å². The van der Waals surface area contributed by atoms with Crippen LogP contribution in [0.3, 0.4) is 0 Å². The number of hydrogen-bond donors (Lipinski definition) is 1. The van der Waals surface area contributed by atoms with E-state index in [9.17, 15) is 14.4 Å². The number of pyridine rings is 1. The molecule has 1 aromatic heterocycles. The summed E-state index contributed by atoms with van der Waals surface area (Å²) in [6.07, 6.45) is 5.33. The molecule has 2 atom stereocenters. The third-order valence-electron chi connectivity index (χ3n) is 6.40. The fourth-order valence-electron chi connectivity index (χ4n) is 4.60. The first-order chi connectivity index (χ1) is 13.5. The number of nitrogens with zero attached hydrogens (tertiary/aromatic N) is 4. The Hall–Kier alpha value is -2.64. The van der Waals surface area contributed by atoms with Crippen LogP contribution < -0.4 is 10.2 Å². The lowest BCUT2D eigenvalue weighted by atomic mass is 9.73. The second-order valence-electron chi connectivity index (χ2n) is 8.00. The fourth-order valence-corrected chi connectivity index (χ4v) is 4.60. The summed E-state index contributed by atoms with van der Waals surface area (Å²) in [5.74, 6) is 0.589. The van der Waals surface area contributed by atoms with Gasteiger partial charge in [-0.15, -0.1) is 0 Å². The molecule has 1 spiro atoms. The maximum absolute atomic E-state index is 13.0. The molecule has 2 saturated heterocycles. The van der Waals surface area contributed by atoms with Crippen LogP contribution in [0.15, 0.2) is 24.4 Å². The second-order valence-corrected chi connectivity index (χ2v) is 8.00. The highest BCUT2D eigenvalue weighted by molar-refractivity contribution is 6.09. The summed E-state index contributed by atoms with van der Waals surface area (Å²) in [6, 6.07) is 5.34. The molecule has 0 unspecified atom stereocenters. The van der Waals surface area contributed by atoms with Crippen molar-refractivity contribution in [3.63, 3.8) is 0 Å². The highest BCUT2D eigenvalue weighted by atomic mass is 16.2.